The Kier molecular flexibility index (Phi) is 9.66. The monoisotopic (exact) mass is 461 g/mol. The first-order chi connectivity index (χ1) is 10.7. The van der Waals surface area contributed by atoms with Gasteiger partial charge in [0.2, 0.25) is 0 Å². The maximum atomic E-state index is 4.28. The highest BCUT2D eigenvalue weighted by molar-refractivity contribution is 14.0. The Labute approximate surface area is 164 Å². The van der Waals surface area contributed by atoms with Crippen LogP contribution in [0.4, 0.5) is 0 Å². The third-order valence-electron chi connectivity index (χ3n) is 3.53. The van der Waals surface area contributed by atoms with Gasteiger partial charge in [0.05, 0.1) is 0 Å². The number of guanidine groups is 1. The molecule has 1 heterocycles. The van der Waals surface area contributed by atoms with Crippen LogP contribution in [0.3, 0.4) is 0 Å². The second-order valence-corrected chi connectivity index (χ2v) is 6.77. The van der Waals surface area contributed by atoms with Gasteiger partial charge in [-0.1, -0.05) is 19.1 Å². The topological polar surface area (TPSA) is 36.4 Å². The number of hydrogen-bond acceptors (Lipinski definition) is 3. The van der Waals surface area contributed by atoms with E-state index in [2.05, 4.69) is 69.9 Å². The third-order valence-corrected chi connectivity index (χ3v) is 4.98. The summed E-state index contributed by atoms with van der Waals surface area (Å²) < 4.78 is 0. The minimum atomic E-state index is 0. The molecule has 0 aliphatic rings. The van der Waals surface area contributed by atoms with Crippen molar-refractivity contribution in [2.45, 2.75) is 24.3 Å². The van der Waals surface area contributed by atoms with E-state index in [0.29, 0.717) is 5.92 Å². The predicted octanol–water partition coefficient (Wildman–Crippen LogP) is 4.56. The molecule has 0 saturated carbocycles. The summed E-state index contributed by atoms with van der Waals surface area (Å²) in [5, 5.41) is 11.1. The molecule has 2 N–H and O–H groups in total. The van der Waals surface area contributed by atoms with Crippen molar-refractivity contribution in [2.24, 2.45) is 4.99 Å². The van der Waals surface area contributed by atoms with Gasteiger partial charge in [0.1, 0.15) is 0 Å². The van der Waals surface area contributed by atoms with Crippen molar-refractivity contribution in [2.75, 3.05) is 19.8 Å². The van der Waals surface area contributed by atoms with Crippen LogP contribution in [0.15, 0.2) is 51.0 Å². The maximum absolute atomic E-state index is 4.28. The number of nitrogens with one attached hydrogen (secondary N) is 2. The molecule has 0 amide bonds. The second kappa shape index (κ2) is 10.9. The van der Waals surface area contributed by atoms with E-state index >= 15 is 0 Å². The first-order valence-electron chi connectivity index (χ1n) is 7.32. The van der Waals surface area contributed by atoms with Crippen molar-refractivity contribution in [3.05, 3.63) is 52.2 Å². The van der Waals surface area contributed by atoms with Crippen LogP contribution in [0.1, 0.15) is 24.0 Å². The molecule has 126 valence electrons. The molecule has 1 aromatic carbocycles. The Bertz CT molecular complexity index is 582. The Hall–Kier alpha value is -0.730. The van der Waals surface area contributed by atoms with Crippen LogP contribution in [-0.4, -0.2) is 25.8 Å². The lowest BCUT2D eigenvalue weighted by molar-refractivity contribution is 0.701. The summed E-state index contributed by atoms with van der Waals surface area (Å²) in [5.74, 6) is 1.32. The fourth-order valence-electron chi connectivity index (χ4n) is 2.07. The molecule has 1 atom stereocenters. The lowest BCUT2D eigenvalue weighted by Crippen LogP contribution is -2.38. The van der Waals surface area contributed by atoms with Gasteiger partial charge in [-0.15, -0.1) is 35.7 Å². The Morgan fingerprint density at radius 2 is 1.96 bits per heavy atom. The molecule has 23 heavy (non-hydrogen) atoms. The summed E-state index contributed by atoms with van der Waals surface area (Å²) in [5.41, 5.74) is 2.63. The zero-order chi connectivity index (χ0) is 15.8. The van der Waals surface area contributed by atoms with Crippen LogP contribution in [0.5, 0.6) is 0 Å². The van der Waals surface area contributed by atoms with Crippen LogP contribution in [0.25, 0.3) is 0 Å². The van der Waals surface area contributed by atoms with E-state index in [4.69, 9.17) is 0 Å². The maximum Gasteiger partial charge on any atom is 0.191 e. The predicted molar refractivity (Wildman–Crippen MR) is 115 cm³/mol. The molecule has 0 spiro atoms. The molecule has 0 aliphatic carbocycles. The van der Waals surface area contributed by atoms with Crippen molar-refractivity contribution >= 4 is 53.0 Å². The number of hydrogen-bond donors (Lipinski definition) is 2. The number of thiophene rings is 1. The largest absolute Gasteiger partial charge is 0.356 e. The van der Waals surface area contributed by atoms with E-state index in [1.165, 1.54) is 16.0 Å². The summed E-state index contributed by atoms with van der Waals surface area (Å²) in [6.07, 6.45) is 2.09. The first kappa shape index (κ1) is 20.3. The van der Waals surface area contributed by atoms with Crippen molar-refractivity contribution in [1.29, 1.82) is 0 Å². The van der Waals surface area contributed by atoms with Crippen LogP contribution in [-0.2, 0) is 6.54 Å². The highest BCUT2D eigenvalue weighted by Gasteiger charge is 2.06. The van der Waals surface area contributed by atoms with Gasteiger partial charge in [-0.3, -0.25) is 4.99 Å². The Morgan fingerprint density at radius 1 is 1.22 bits per heavy atom. The lowest BCUT2D eigenvalue weighted by Gasteiger charge is -2.15. The Morgan fingerprint density at radius 3 is 2.52 bits per heavy atom. The van der Waals surface area contributed by atoms with Gasteiger partial charge < -0.3 is 10.6 Å². The van der Waals surface area contributed by atoms with E-state index in [-0.39, 0.29) is 24.0 Å². The summed E-state index contributed by atoms with van der Waals surface area (Å²) in [7, 11) is 1.81. The van der Waals surface area contributed by atoms with Crippen molar-refractivity contribution in [1.82, 2.24) is 10.6 Å². The molecule has 3 nitrogen and oxygen atoms in total. The van der Waals surface area contributed by atoms with Gasteiger partial charge in [-0.05, 0) is 52.3 Å². The quantitative estimate of drug-likeness (QED) is 0.287. The molecule has 0 fully saturated rings. The van der Waals surface area contributed by atoms with Crippen LogP contribution < -0.4 is 10.6 Å². The number of thioether (sulfide) groups is 1. The second-order valence-electron chi connectivity index (χ2n) is 5.11. The van der Waals surface area contributed by atoms with E-state index in [0.717, 1.165) is 19.0 Å². The van der Waals surface area contributed by atoms with Crippen LogP contribution >= 0.6 is 47.1 Å². The molecule has 0 radical (unpaired) electrons. The van der Waals surface area contributed by atoms with E-state index in [9.17, 15) is 0 Å². The number of rotatable bonds is 6. The minimum Gasteiger partial charge on any atom is -0.356 e. The highest BCUT2D eigenvalue weighted by atomic mass is 127. The summed E-state index contributed by atoms with van der Waals surface area (Å²) in [6.45, 7) is 3.88. The molecule has 6 heteroatoms. The molecule has 1 aromatic heterocycles. The smallest absolute Gasteiger partial charge is 0.191 e. The first-order valence-corrected chi connectivity index (χ1v) is 9.49. The molecule has 2 aromatic rings. The van der Waals surface area contributed by atoms with E-state index < -0.39 is 0 Å². The SMILES string of the molecule is CN=C(NCc1ccc(SC)cc1)NCC(C)c1ccsc1.I. The summed E-state index contributed by atoms with van der Waals surface area (Å²) >= 11 is 3.50. The zero-order valence-corrected chi connectivity index (χ0v) is 17.7. The fraction of sp³-hybridized carbons (Fsp3) is 0.353. The Balaban J connectivity index is 0.00000264. The molecule has 2 rings (SSSR count). The van der Waals surface area contributed by atoms with E-state index in [1.54, 1.807) is 30.1 Å². The average Bonchev–Trinajstić information content (AvgIpc) is 3.10. The van der Waals surface area contributed by atoms with Crippen molar-refractivity contribution < 1.29 is 0 Å². The molecule has 0 bridgehead atoms. The standard InChI is InChI=1S/C17H23N3S2.HI/c1-13(15-8-9-22-12-15)10-19-17(18-2)20-11-14-4-6-16(21-3)7-5-14;/h4-9,12-13H,10-11H2,1-3H3,(H2,18,19,20);1H. The number of nitrogens with zero attached hydrogens (tertiary/aromatic N) is 1. The molecule has 1 unspecified atom stereocenters. The van der Waals surface area contributed by atoms with Crippen LogP contribution in [0.2, 0.25) is 0 Å². The summed E-state index contributed by atoms with van der Waals surface area (Å²) in [4.78, 5) is 5.57. The van der Waals surface area contributed by atoms with Gasteiger partial charge in [0.25, 0.3) is 0 Å². The normalized spacial score (nSPS) is 12.4. The van der Waals surface area contributed by atoms with Crippen LogP contribution in [0, 0.1) is 0 Å². The number of aliphatic imine (C=N–C) groups is 1. The average molecular weight is 461 g/mol. The molecular formula is C17H24IN3S2. The van der Waals surface area contributed by atoms with Gasteiger partial charge in [0.15, 0.2) is 5.96 Å². The van der Waals surface area contributed by atoms with E-state index in [1.807, 2.05) is 0 Å². The third kappa shape index (κ3) is 6.73. The minimum absolute atomic E-state index is 0. The van der Waals surface area contributed by atoms with Gasteiger partial charge >= 0.3 is 0 Å². The zero-order valence-electron chi connectivity index (χ0n) is 13.7. The van der Waals surface area contributed by atoms with Gasteiger partial charge in [0, 0.05) is 25.0 Å². The highest BCUT2D eigenvalue weighted by Crippen LogP contribution is 2.17. The molecular weight excluding hydrogens is 437 g/mol. The number of benzene rings is 1. The lowest BCUT2D eigenvalue weighted by atomic mass is 10.1. The van der Waals surface area contributed by atoms with Crippen molar-refractivity contribution in [3.8, 4) is 0 Å². The van der Waals surface area contributed by atoms with Gasteiger partial charge in [-0.2, -0.15) is 11.3 Å². The van der Waals surface area contributed by atoms with Gasteiger partial charge in [-0.25, -0.2) is 0 Å². The number of halogens is 1. The fourth-order valence-corrected chi connectivity index (χ4v) is 3.26. The van der Waals surface area contributed by atoms with Crippen molar-refractivity contribution in [3.63, 3.8) is 0 Å². The molecule has 0 aliphatic heterocycles. The molecule has 0 saturated heterocycles. The summed E-state index contributed by atoms with van der Waals surface area (Å²) in [6, 6.07) is 10.8.